The van der Waals surface area contributed by atoms with Crippen molar-refractivity contribution >= 4 is 5.78 Å². The summed E-state index contributed by atoms with van der Waals surface area (Å²) in [5.41, 5.74) is 2.22. The van der Waals surface area contributed by atoms with E-state index in [1.165, 1.54) is 5.56 Å². The van der Waals surface area contributed by atoms with Crippen LogP contribution in [0, 0.1) is 0 Å². The monoisotopic (exact) mass is 187 g/mol. The highest BCUT2D eigenvalue weighted by Gasteiger charge is 2.28. The van der Waals surface area contributed by atoms with E-state index in [4.69, 9.17) is 0 Å². The van der Waals surface area contributed by atoms with Crippen LogP contribution in [0.15, 0.2) is 31.0 Å². The molecule has 1 aromatic heterocycles. The van der Waals surface area contributed by atoms with Crippen LogP contribution >= 0.6 is 0 Å². The van der Waals surface area contributed by atoms with Crippen molar-refractivity contribution in [1.29, 1.82) is 0 Å². The second-order valence-electron chi connectivity index (χ2n) is 3.60. The number of carbonyl (C=O) groups excluding carboxylic acids is 1. The third kappa shape index (κ3) is 1.48. The summed E-state index contributed by atoms with van der Waals surface area (Å²) in [5, 5.41) is 0. The molecule has 1 aliphatic carbocycles. The first-order valence-electron chi connectivity index (χ1n) is 4.90. The first-order valence-corrected chi connectivity index (χ1v) is 4.90. The number of aryl methyl sites for hydroxylation is 1. The minimum Gasteiger partial charge on any atom is -0.299 e. The summed E-state index contributed by atoms with van der Waals surface area (Å²) < 4.78 is 0. The Kier molecular flexibility index (Phi) is 2.44. The minimum absolute atomic E-state index is 0.0178. The third-order valence-corrected chi connectivity index (χ3v) is 2.69. The Balaban J connectivity index is 2.25. The number of Topliss-reactive ketones (excluding diaryl/α,β-unsaturated/α-hetero) is 1. The molecule has 72 valence electrons. The van der Waals surface area contributed by atoms with Crippen LogP contribution in [0.2, 0.25) is 0 Å². The van der Waals surface area contributed by atoms with Gasteiger partial charge in [0.25, 0.3) is 0 Å². The lowest BCUT2D eigenvalue weighted by Crippen LogP contribution is -2.09. The van der Waals surface area contributed by atoms with Gasteiger partial charge in [0.05, 0.1) is 11.6 Å². The van der Waals surface area contributed by atoms with Crippen LogP contribution in [-0.2, 0) is 11.2 Å². The van der Waals surface area contributed by atoms with Crippen molar-refractivity contribution in [3.8, 4) is 0 Å². The molecule has 1 atom stereocenters. The summed E-state index contributed by atoms with van der Waals surface area (Å²) in [6, 6.07) is 3.99. The van der Waals surface area contributed by atoms with Crippen molar-refractivity contribution in [3.05, 3.63) is 42.2 Å². The Bertz CT molecular complexity index is 370. The Hall–Kier alpha value is -1.44. The van der Waals surface area contributed by atoms with E-state index in [1.807, 2.05) is 6.07 Å². The first kappa shape index (κ1) is 9.13. The van der Waals surface area contributed by atoms with Crippen LogP contribution in [0.1, 0.15) is 30.0 Å². The molecule has 0 fully saturated rings. The quantitative estimate of drug-likeness (QED) is 0.679. The minimum atomic E-state index is 0.0178. The van der Waals surface area contributed by atoms with E-state index in [2.05, 4.69) is 17.6 Å². The van der Waals surface area contributed by atoms with Crippen LogP contribution in [0.3, 0.4) is 0 Å². The Morgan fingerprint density at radius 3 is 3.36 bits per heavy atom. The van der Waals surface area contributed by atoms with Gasteiger partial charge in [0.1, 0.15) is 5.78 Å². The average Bonchev–Trinajstić information content (AvgIpc) is 2.61. The highest BCUT2D eigenvalue weighted by Crippen LogP contribution is 2.32. The largest absolute Gasteiger partial charge is 0.299 e. The third-order valence-electron chi connectivity index (χ3n) is 2.69. The molecule has 0 bridgehead atoms. The predicted molar refractivity (Wildman–Crippen MR) is 55.1 cm³/mol. The fourth-order valence-electron chi connectivity index (χ4n) is 2.01. The number of hydrogen-bond donors (Lipinski definition) is 0. The molecular formula is C12H13NO. The van der Waals surface area contributed by atoms with Gasteiger partial charge in [-0.25, -0.2) is 0 Å². The molecule has 0 amide bonds. The number of allylic oxidation sites excluding steroid dienone is 1. The van der Waals surface area contributed by atoms with Gasteiger partial charge in [-0.05, 0) is 24.5 Å². The molecule has 1 aliphatic rings. The first-order chi connectivity index (χ1) is 6.83. The maximum absolute atomic E-state index is 11.7. The number of ketones is 1. The maximum atomic E-state index is 11.7. The van der Waals surface area contributed by atoms with E-state index in [0.29, 0.717) is 6.42 Å². The lowest BCUT2D eigenvalue weighted by molar-refractivity contribution is -0.119. The molecule has 1 unspecified atom stereocenters. The van der Waals surface area contributed by atoms with Gasteiger partial charge in [-0.1, -0.05) is 12.1 Å². The Labute approximate surface area is 83.7 Å². The molecule has 0 saturated carbocycles. The number of rotatable bonds is 3. The zero-order valence-electron chi connectivity index (χ0n) is 8.07. The van der Waals surface area contributed by atoms with Crippen LogP contribution in [0.5, 0.6) is 0 Å². The van der Waals surface area contributed by atoms with Crippen molar-refractivity contribution in [2.75, 3.05) is 0 Å². The summed E-state index contributed by atoms with van der Waals surface area (Å²) in [5.74, 6) is 0.265. The number of fused-ring (bicyclic) bond motifs is 1. The van der Waals surface area contributed by atoms with E-state index in [9.17, 15) is 4.79 Å². The van der Waals surface area contributed by atoms with Crippen LogP contribution in [0.4, 0.5) is 0 Å². The number of pyridine rings is 1. The molecule has 2 nitrogen and oxygen atoms in total. The maximum Gasteiger partial charge on any atom is 0.145 e. The van der Waals surface area contributed by atoms with E-state index in [-0.39, 0.29) is 11.7 Å². The van der Waals surface area contributed by atoms with Crippen molar-refractivity contribution < 1.29 is 4.79 Å². The van der Waals surface area contributed by atoms with Crippen LogP contribution in [-0.4, -0.2) is 10.8 Å². The summed E-state index contributed by atoms with van der Waals surface area (Å²) >= 11 is 0. The molecule has 1 heterocycles. The molecular weight excluding hydrogens is 174 g/mol. The van der Waals surface area contributed by atoms with Crippen LogP contribution < -0.4 is 0 Å². The van der Waals surface area contributed by atoms with Gasteiger partial charge in [0, 0.05) is 12.6 Å². The van der Waals surface area contributed by atoms with Gasteiger partial charge >= 0.3 is 0 Å². The van der Waals surface area contributed by atoms with Crippen LogP contribution in [0.25, 0.3) is 0 Å². The molecule has 0 spiro atoms. The summed E-state index contributed by atoms with van der Waals surface area (Å²) in [7, 11) is 0. The molecule has 2 heteroatoms. The van der Waals surface area contributed by atoms with E-state index < -0.39 is 0 Å². The number of hydrogen-bond acceptors (Lipinski definition) is 2. The van der Waals surface area contributed by atoms with E-state index >= 15 is 0 Å². The normalized spacial score (nSPS) is 19.0. The van der Waals surface area contributed by atoms with Gasteiger partial charge < -0.3 is 0 Å². The molecule has 2 rings (SSSR count). The second-order valence-corrected chi connectivity index (χ2v) is 3.60. The average molecular weight is 187 g/mol. The molecule has 14 heavy (non-hydrogen) atoms. The van der Waals surface area contributed by atoms with Crippen molar-refractivity contribution in [1.82, 2.24) is 4.98 Å². The molecule has 0 N–H and O–H groups in total. The fraction of sp³-hybridized carbons (Fsp3) is 0.333. The number of aromatic nitrogens is 1. The zero-order chi connectivity index (χ0) is 9.97. The van der Waals surface area contributed by atoms with Gasteiger partial charge in [0.2, 0.25) is 0 Å². The smallest absolute Gasteiger partial charge is 0.145 e. The second kappa shape index (κ2) is 3.74. The van der Waals surface area contributed by atoms with E-state index in [1.54, 1.807) is 12.3 Å². The van der Waals surface area contributed by atoms with Gasteiger partial charge in [0.15, 0.2) is 0 Å². The lowest BCUT2D eigenvalue weighted by Gasteiger charge is -2.06. The molecule has 0 aromatic carbocycles. The highest BCUT2D eigenvalue weighted by atomic mass is 16.1. The summed E-state index contributed by atoms with van der Waals surface area (Å²) in [4.78, 5) is 16.0. The van der Waals surface area contributed by atoms with Crippen molar-refractivity contribution in [3.63, 3.8) is 0 Å². The molecule has 0 aliphatic heterocycles. The standard InChI is InChI=1S/C12H13NO/c1-2-4-11(14)10-7-6-9-5-3-8-13-12(9)10/h2-3,5,8,10H,1,4,6-7H2. The van der Waals surface area contributed by atoms with Gasteiger partial charge in [-0.15, -0.1) is 6.58 Å². The molecule has 0 radical (unpaired) electrons. The Morgan fingerprint density at radius 2 is 2.57 bits per heavy atom. The summed E-state index contributed by atoms with van der Waals surface area (Å²) in [6.07, 6.45) is 5.79. The van der Waals surface area contributed by atoms with Gasteiger partial charge in [-0.3, -0.25) is 9.78 Å². The van der Waals surface area contributed by atoms with Crippen molar-refractivity contribution in [2.24, 2.45) is 0 Å². The molecule has 0 saturated heterocycles. The van der Waals surface area contributed by atoms with E-state index in [0.717, 1.165) is 18.5 Å². The lowest BCUT2D eigenvalue weighted by atomic mass is 9.99. The molecule has 1 aromatic rings. The zero-order valence-corrected chi connectivity index (χ0v) is 8.07. The van der Waals surface area contributed by atoms with Gasteiger partial charge in [-0.2, -0.15) is 0 Å². The Morgan fingerprint density at radius 1 is 1.71 bits per heavy atom. The topological polar surface area (TPSA) is 30.0 Å². The predicted octanol–water partition coefficient (Wildman–Crippen LogP) is 2.26. The van der Waals surface area contributed by atoms with Crippen molar-refractivity contribution in [2.45, 2.75) is 25.2 Å². The highest BCUT2D eigenvalue weighted by molar-refractivity contribution is 5.87. The fourth-order valence-corrected chi connectivity index (χ4v) is 2.01. The number of carbonyl (C=O) groups is 1. The SMILES string of the molecule is C=CCC(=O)C1CCc2cccnc21. The summed E-state index contributed by atoms with van der Waals surface area (Å²) in [6.45, 7) is 3.59. The number of nitrogens with zero attached hydrogens (tertiary/aromatic N) is 1.